The Hall–Kier alpha value is -2.73. The molecule has 152 valence electrons. The molecule has 3 rings (SSSR count). The van der Waals surface area contributed by atoms with Gasteiger partial charge in [0, 0.05) is 4.90 Å². The number of hydrogen-bond donors (Lipinski definition) is 0. The molecule has 1 aromatic heterocycles. The zero-order valence-corrected chi connectivity index (χ0v) is 18.2. The van der Waals surface area contributed by atoms with Crippen LogP contribution in [0, 0.1) is 6.92 Å². The van der Waals surface area contributed by atoms with Crippen LogP contribution in [0.1, 0.15) is 43.7 Å². The lowest BCUT2D eigenvalue weighted by molar-refractivity contribution is 0.0704. The fourth-order valence-corrected chi connectivity index (χ4v) is 3.69. The van der Waals surface area contributed by atoms with E-state index in [0.717, 1.165) is 21.2 Å². The highest BCUT2D eigenvalue weighted by Gasteiger charge is 2.27. The molecule has 29 heavy (non-hydrogen) atoms. The maximum atomic E-state index is 12.9. The molecule has 3 aromatic rings. The van der Waals surface area contributed by atoms with Crippen LogP contribution >= 0.6 is 11.8 Å². The van der Waals surface area contributed by atoms with Crippen molar-refractivity contribution >= 4 is 17.7 Å². The van der Waals surface area contributed by atoms with E-state index in [0.29, 0.717) is 18.1 Å². The van der Waals surface area contributed by atoms with Gasteiger partial charge in [-0.3, -0.25) is 0 Å². The largest absolute Gasteiger partial charge is 0.494 e. The summed E-state index contributed by atoms with van der Waals surface area (Å²) in [5.41, 5.74) is 0.945. The van der Waals surface area contributed by atoms with E-state index in [-0.39, 0.29) is 5.54 Å². The maximum Gasteiger partial charge on any atom is 0.344 e. The van der Waals surface area contributed by atoms with Gasteiger partial charge in [0.25, 0.3) is 0 Å². The Labute approximate surface area is 176 Å². The number of rotatable bonds is 6. The van der Waals surface area contributed by atoms with Crippen molar-refractivity contribution < 1.29 is 14.3 Å². The number of hydrogen-bond acceptors (Lipinski definition) is 5. The Kier molecular flexibility index (Phi) is 6.33. The highest BCUT2D eigenvalue weighted by Crippen LogP contribution is 2.40. The normalized spacial score (nSPS) is 11.3. The van der Waals surface area contributed by atoms with Gasteiger partial charge < -0.3 is 9.47 Å². The van der Waals surface area contributed by atoms with Crippen LogP contribution in [-0.4, -0.2) is 22.4 Å². The van der Waals surface area contributed by atoms with Crippen molar-refractivity contribution in [3.8, 4) is 11.6 Å². The van der Waals surface area contributed by atoms with Gasteiger partial charge in [-0.15, -0.1) is 0 Å². The Balaban J connectivity index is 1.94. The molecular formula is C23H26N2O3S. The number of carbonyl (C=O) groups excluding carboxylic acids is 1. The van der Waals surface area contributed by atoms with Crippen LogP contribution in [0.2, 0.25) is 0 Å². The van der Waals surface area contributed by atoms with Gasteiger partial charge in [0.15, 0.2) is 0 Å². The Morgan fingerprint density at radius 2 is 1.72 bits per heavy atom. The van der Waals surface area contributed by atoms with Gasteiger partial charge in [-0.05, 0) is 71.0 Å². The number of nitrogens with zero attached hydrogens (tertiary/aromatic N) is 2. The van der Waals surface area contributed by atoms with Crippen molar-refractivity contribution in [1.82, 2.24) is 9.78 Å². The summed E-state index contributed by atoms with van der Waals surface area (Å²) >= 11 is 1.54. The number of carbonyl (C=O) groups is 1. The molecule has 0 unspecified atom stereocenters. The average Bonchev–Trinajstić information content (AvgIpc) is 2.99. The van der Waals surface area contributed by atoms with E-state index >= 15 is 0 Å². The molecule has 5 nitrogen and oxygen atoms in total. The molecule has 0 aliphatic heterocycles. The summed E-state index contributed by atoms with van der Waals surface area (Å²) in [6, 6.07) is 17.0. The smallest absolute Gasteiger partial charge is 0.344 e. The number of aromatic nitrogens is 2. The van der Waals surface area contributed by atoms with Crippen molar-refractivity contribution in [2.45, 2.75) is 49.9 Å². The third kappa shape index (κ3) is 5.01. The van der Waals surface area contributed by atoms with Crippen molar-refractivity contribution in [3.63, 3.8) is 0 Å². The van der Waals surface area contributed by atoms with E-state index in [1.807, 2.05) is 65.0 Å². The minimum Gasteiger partial charge on any atom is -0.494 e. The lowest BCUT2D eigenvalue weighted by atomic mass is 10.1. The average molecular weight is 411 g/mol. The molecule has 0 bridgehead atoms. The molecule has 0 atom stereocenters. The summed E-state index contributed by atoms with van der Waals surface area (Å²) in [4.78, 5) is 14.8. The maximum absolute atomic E-state index is 12.9. The third-order valence-corrected chi connectivity index (χ3v) is 5.34. The van der Waals surface area contributed by atoms with Crippen LogP contribution in [0.3, 0.4) is 0 Å². The number of benzene rings is 2. The second-order valence-corrected chi connectivity index (χ2v) is 8.65. The first kappa shape index (κ1) is 21.0. The molecule has 1 heterocycles. The van der Waals surface area contributed by atoms with Gasteiger partial charge in [0.1, 0.15) is 5.75 Å². The lowest BCUT2D eigenvalue weighted by Gasteiger charge is -2.22. The summed E-state index contributed by atoms with van der Waals surface area (Å²) in [7, 11) is 0. The van der Waals surface area contributed by atoms with Crippen LogP contribution in [0.25, 0.3) is 0 Å². The molecule has 6 heteroatoms. The molecule has 0 amide bonds. The molecule has 0 saturated carbocycles. The topological polar surface area (TPSA) is 53.4 Å². The lowest BCUT2D eigenvalue weighted by Crippen LogP contribution is -2.25. The van der Waals surface area contributed by atoms with E-state index in [1.165, 1.54) is 0 Å². The van der Waals surface area contributed by atoms with Crippen LogP contribution in [0.4, 0.5) is 0 Å². The standard InChI is InChI=1S/C23H26N2O3S/c1-6-27-18-14-12-17(13-15-18)22(26)28-21-20(29-19-10-8-7-9-11-19)16(2)24-25(21)23(3,4)5/h7-15H,6H2,1-5H3. The Bertz CT molecular complexity index is 974. The summed E-state index contributed by atoms with van der Waals surface area (Å²) < 4.78 is 13.1. The van der Waals surface area contributed by atoms with Crippen LogP contribution in [0.15, 0.2) is 64.4 Å². The minimum absolute atomic E-state index is 0.339. The summed E-state index contributed by atoms with van der Waals surface area (Å²) in [5.74, 6) is 0.760. The van der Waals surface area contributed by atoms with Crippen molar-refractivity contribution in [2.75, 3.05) is 6.61 Å². The van der Waals surface area contributed by atoms with Crippen LogP contribution in [-0.2, 0) is 5.54 Å². The number of ether oxygens (including phenoxy) is 2. The predicted molar refractivity (Wildman–Crippen MR) is 115 cm³/mol. The summed E-state index contributed by atoms with van der Waals surface area (Å²) in [6.07, 6.45) is 0. The first-order chi connectivity index (χ1) is 13.8. The zero-order valence-electron chi connectivity index (χ0n) is 17.4. The van der Waals surface area contributed by atoms with E-state index in [4.69, 9.17) is 9.47 Å². The van der Waals surface area contributed by atoms with E-state index in [1.54, 1.807) is 40.7 Å². The molecular weight excluding hydrogens is 384 g/mol. The van der Waals surface area contributed by atoms with Crippen LogP contribution < -0.4 is 9.47 Å². The monoisotopic (exact) mass is 410 g/mol. The van der Waals surface area contributed by atoms with E-state index in [9.17, 15) is 4.79 Å². The minimum atomic E-state index is -0.423. The molecule has 2 aromatic carbocycles. The number of aryl methyl sites for hydroxylation is 1. The predicted octanol–water partition coefficient (Wildman–Crippen LogP) is 5.72. The van der Waals surface area contributed by atoms with E-state index in [2.05, 4.69) is 5.10 Å². The second kappa shape index (κ2) is 8.74. The fourth-order valence-electron chi connectivity index (χ4n) is 2.76. The molecule has 0 spiro atoms. The van der Waals surface area contributed by atoms with Crippen molar-refractivity contribution in [2.24, 2.45) is 0 Å². The van der Waals surface area contributed by atoms with Crippen LogP contribution in [0.5, 0.6) is 11.6 Å². The summed E-state index contributed by atoms with van der Waals surface area (Å²) in [5, 5.41) is 4.66. The SMILES string of the molecule is CCOc1ccc(C(=O)Oc2c(Sc3ccccc3)c(C)nn2C(C)(C)C)cc1. The van der Waals surface area contributed by atoms with Gasteiger partial charge in [-0.1, -0.05) is 30.0 Å². The van der Waals surface area contributed by atoms with Gasteiger partial charge >= 0.3 is 5.97 Å². The van der Waals surface area contributed by atoms with Gasteiger partial charge in [-0.2, -0.15) is 5.10 Å². The Morgan fingerprint density at radius 3 is 2.31 bits per heavy atom. The van der Waals surface area contributed by atoms with Crippen molar-refractivity contribution in [3.05, 3.63) is 65.9 Å². The second-order valence-electron chi connectivity index (χ2n) is 7.56. The molecule has 0 aliphatic rings. The van der Waals surface area contributed by atoms with Gasteiger partial charge in [0.05, 0.1) is 28.3 Å². The third-order valence-electron chi connectivity index (χ3n) is 4.15. The van der Waals surface area contributed by atoms with Gasteiger partial charge in [-0.25, -0.2) is 9.48 Å². The van der Waals surface area contributed by atoms with E-state index < -0.39 is 5.97 Å². The van der Waals surface area contributed by atoms with Crippen molar-refractivity contribution in [1.29, 1.82) is 0 Å². The highest BCUT2D eigenvalue weighted by atomic mass is 32.2. The quantitative estimate of drug-likeness (QED) is 0.487. The molecule has 0 saturated heterocycles. The molecule has 0 fully saturated rings. The Morgan fingerprint density at radius 1 is 1.07 bits per heavy atom. The molecule has 0 aliphatic carbocycles. The number of esters is 1. The van der Waals surface area contributed by atoms with Gasteiger partial charge in [0.2, 0.25) is 5.88 Å². The molecule has 0 radical (unpaired) electrons. The first-order valence-electron chi connectivity index (χ1n) is 9.57. The highest BCUT2D eigenvalue weighted by molar-refractivity contribution is 7.99. The molecule has 0 N–H and O–H groups in total. The first-order valence-corrected chi connectivity index (χ1v) is 10.4. The fraction of sp³-hybridized carbons (Fsp3) is 0.304. The summed E-state index contributed by atoms with van der Waals surface area (Å²) in [6.45, 7) is 10.5. The zero-order chi connectivity index (χ0) is 21.0.